The van der Waals surface area contributed by atoms with Gasteiger partial charge in [0, 0.05) is 17.1 Å². The maximum atomic E-state index is 11.1. The molecule has 118 valence electrons. The standard InChI is InChI=1S/Fe.Mg.Na.H6O13P4.3H/c;;;1-14(2,3)11-17(10,12-15(4,5)6)13-16(7,8)9;;;/h;;;(H2,1,2,3)(H2,4,5,6)(H2,7,8,9);;;/q;+2;+1;;3*-1. The van der Waals surface area contributed by atoms with Gasteiger partial charge >= 0.3 is 83.9 Å². The van der Waals surface area contributed by atoms with Gasteiger partial charge < -0.3 is 33.6 Å². The van der Waals surface area contributed by atoms with Crippen LogP contribution < -0.4 is 29.6 Å². The van der Waals surface area contributed by atoms with Crippen molar-refractivity contribution in [2.75, 3.05) is 0 Å². The first-order valence-electron chi connectivity index (χ1n) is 3.03. The Morgan fingerprint density at radius 1 is 0.650 bits per heavy atom. The van der Waals surface area contributed by atoms with Crippen molar-refractivity contribution in [3.63, 3.8) is 0 Å². The monoisotopic (exact) mass is 444 g/mol. The predicted molar refractivity (Wildman–Crippen MR) is 56.1 cm³/mol. The summed E-state index contributed by atoms with van der Waals surface area (Å²) >= 11 is 0. The van der Waals surface area contributed by atoms with Crippen molar-refractivity contribution >= 4 is 54.3 Å². The van der Waals surface area contributed by atoms with Crippen LogP contribution in [0.15, 0.2) is 0 Å². The molecule has 0 rings (SSSR count). The van der Waals surface area contributed by atoms with Gasteiger partial charge in [-0.05, 0) is 0 Å². The van der Waals surface area contributed by atoms with E-state index in [0.29, 0.717) is 0 Å². The molecule has 0 saturated heterocycles. The number of rotatable bonds is 6. The molecule has 0 amide bonds. The van der Waals surface area contributed by atoms with E-state index >= 15 is 0 Å². The third kappa shape index (κ3) is 18.9. The van der Waals surface area contributed by atoms with Crippen molar-refractivity contribution in [1.82, 2.24) is 0 Å². The van der Waals surface area contributed by atoms with E-state index < -0.39 is 31.3 Å². The Labute approximate surface area is 164 Å². The average Bonchev–Trinajstić information content (AvgIpc) is 1.65. The number of phosphoric acid groups is 4. The van der Waals surface area contributed by atoms with Gasteiger partial charge in [0.05, 0.1) is 0 Å². The normalized spacial score (nSPS) is 12.7. The minimum Gasteiger partial charge on any atom is -1.00 e. The second-order valence-electron chi connectivity index (χ2n) is 2.16. The second-order valence-corrected chi connectivity index (χ2v) is 7.96. The van der Waals surface area contributed by atoms with E-state index in [-0.39, 0.29) is 74.0 Å². The minimum absolute atomic E-state index is 0. The van der Waals surface area contributed by atoms with Gasteiger partial charge in [-0.3, -0.25) is 0 Å². The zero-order valence-corrected chi connectivity index (χ0v) is 17.5. The Hall–Kier alpha value is 2.85. The first-order chi connectivity index (χ1) is 7.12. The number of hydrogen-bond acceptors (Lipinski definition) is 7. The van der Waals surface area contributed by atoms with Gasteiger partial charge in [-0.2, -0.15) is 12.9 Å². The van der Waals surface area contributed by atoms with Gasteiger partial charge in [0.1, 0.15) is 0 Å². The molecule has 6 N–H and O–H groups in total. The van der Waals surface area contributed by atoms with Crippen molar-refractivity contribution in [1.29, 1.82) is 0 Å². The smallest absolute Gasteiger partial charge is 1.00 e. The molecule has 0 aromatic carbocycles. The zero-order valence-electron chi connectivity index (χ0n) is 12.4. The molecule has 20 heavy (non-hydrogen) atoms. The largest absolute Gasteiger partial charge is 2.00 e. The van der Waals surface area contributed by atoms with E-state index in [1.165, 1.54) is 0 Å². The van der Waals surface area contributed by atoms with Crippen LogP contribution in [0.25, 0.3) is 0 Å². The fraction of sp³-hybridized carbons (Fsp3) is 0. The van der Waals surface area contributed by atoms with Gasteiger partial charge in [0.15, 0.2) is 0 Å². The molecule has 0 heterocycles. The topological polar surface area (TPSA) is 217 Å². The first kappa shape index (κ1) is 30.7. The van der Waals surface area contributed by atoms with Crippen LogP contribution in [0, 0.1) is 0 Å². The maximum Gasteiger partial charge on any atom is 2.00 e. The van der Waals surface area contributed by atoms with Crippen LogP contribution in [-0.2, 0) is 48.3 Å². The molecule has 0 aromatic heterocycles. The van der Waals surface area contributed by atoms with E-state index in [1.807, 2.05) is 0 Å². The van der Waals surface area contributed by atoms with E-state index in [2.05, 4.69) is 12.9 Å². The first-order valence-corrected chi connectivity index (χ1v) is 9.08. The molecule has 0 aliphatic rings. The predicted octanol–water partition coefficient (Wildman–Crippen LogP) is -3.62. The maximum absolute atomic E-state index is 11.1. The van der Waals surface area contributed by atoms with Crippen LogP contribution in [0.4, 0.5) is 0 Å². The van der Waals surface area contributed by atoms with E-state index in [9.17, 15) is 18.3 Å². The number of hydrogen-bond donors (Lipinski definition) is 6. The second kappa shape index (κ2) is 10.7. The molecule has 0 unspecified atom stereocenters. The van der Waals surface area contributed by atoms with Crippen LogP contribution in [0.2, 0.25) is 0 Å². The van der Waals surface area contributed by atoms with Crippen molar-refractivity contribution in [3.05, 3.63) is 0 Å². The van der Waals surface area contributed by atoms with E-state index in [4.69, 9.17) is 29.4 Å². The minimum atomic E-state index is -5.87. The summed E-state index contributed by atoms with van der Waals surface area (Å²) in [5, 5.41) is 0. The van der Waals surface area contributed by atoms with Crippen molar-refractivity contribution in [2.45, 2.75) is 0 Å². The Morgan fingerprint density at radius 2 is 0.800 bits per heavy atom. The molecule has 0 fully saturated rings. The molecular formula is H9FeMgNaO13P4. The molecule has 0 bridgehead atoms. The average molecular weight is 444 g/mol. The molecule has 20 heteroatoms. The van der Waals surface area contributed by atoms with Crippen LogP contribution in [0.1, 0.15) is 4.28 Å². The summed E-state index contributed by atoms with van der Waals surface area (Å²) in [4.78, 5) is 49.2. The van der Waals surface area contributed by atoms with E-state index in [0.717, 1.165) is 0 Å². The fourth-order valence-corrected chi connectivity index (χ4v) is 4.72. The summed E-state index contributed by atoms with van der Waals surface area (Å²) in [6, 6.07) is 0. The van der Waals surface area contributed by atoms with Crippen molar-refractivity contribution in [2.24, 2.45) is 0 Å². The van der Waals surface area contributed by atoms with Gasteiger partial charge in [-0.15, -0.1) is 0 Å². The molecule has 0 saturated carbocycles. The summed E-state index contributed by atoms with van der Waals surface area (Å²) in [5.41, 5.74) is 0. The molecule has 13 nitrogen and oxygen atoms in total. The summed E-state index contributed by atoms with van der Waals surface area (Å²) in [5.74, 6) is 0. The third-order valence-electron chi connectivity index (χ3n) is 0.619. The van der Waals surface area contributed by atoms with E-state index in [1.54, 1.807) is 0 Å². The summed E-state index contributed by atoms with van der Waals surface area (Å²) in [7, 11) is -22.9. The van der Waals surface area contributed by atoms with Gasteiger partial charge in [-0.1, -0.05) is 0 Å². The van der Waals surface area contributed by atoms with Gasteiger partial charge in [0.25, 0.3) is 0 Å². The molecule has 0 aliphatic carbocycles. The summed E-state index contributed by atoms with van der Waals surface area (Å²) in [6.07, 6.45) is 0. The van der Waals surface area contributed by atoms with Gasteiger partial charge in [0.2, 0.25) is 0 Å². The quantitative estimate of drug-likeness (QED) is 0.172. The Kier molecular flexibility index (Phi) is 16.4. The van der Waals surface area contributed by atoms with Crippen LogP contribution in [0.3, 0.4) is 0 Å². The van der Waals surface area contributed by atoms with Crippen LogP contribution >= 0.6 is 31.3 Å². The van der Waals surface area contributed by atoms with Crippen molar-refractivity contribution < 1.29 is 111 Å². The molecular weight excluding hydrogens is 435 g/mol. The Morgan fingerprint density at radius 3 is 0.900 bits per heavy atom. The van der Waals surface area contributed by atoms with Crippen LogP contribution in [-0.4, -0.2) is 52.4 Å². The molecule has 0 aliphatic heterocycles. The summed E-state index contributed by atoms with van der Waals surface area (Å²) in [6.45, 7) is 0. The Bertz CT molecular complexity index is 401. The molecule has 0 spiro atoms. The SMILES string of the molecule is O=P(O)(O)OP(=O)(OP(=O)(O)O)OP(=O)(O)O.[Fe].[H-].[H-].[H-].[Mg+2].[Na+]. The van der Waals surface area contributed by atoms with Crippen LogP contribution in [0.5, 0.6) is 0 Å². The molecule has 0 radical (unpaired) electrons. The third-order valence-corrected chi connectivity index (χ3v) is 5.57. The fourth-order valence-electron chi connectivity index (χ4n) is 0.436. The Balaban J connectivity index is -0.0000000853. The molecule has 0 aromatic rings. The van der Waals surface area contributed by atoms with Gasteiger partial charge in [-0.25, -0.2) is 18.3 Å². The van der Waals surface area contributed by atoms with Crippen molar-refractivity contribution in [3.8, 4) is 0 Å². The molecule has 0 atom stereocenters. The zero-order chi connectivity index (χ0) is 14.1. The summed E-state index contributed by atoms with van der Waals surface area (Å²) < 4.78 is 51.4.